The smallest absolute Gasteiger partial charge is 0.0438 e. The van der Waals surface area contributed by atoms with E-state index in [0.717, 1.165) is 17.8 Å². The Kier molecular flexibility index (Phi) is 13.6. The molecule has 0 N–H and O–H groups in total. The summed E-state index contributed by atoms with van der Waals surface area (Å²) in [5.74, 6) is 2.66. The molecule has 0 radical (unpaired) electrons. The Hall–Kier alpha value is 0. The SMILES string of the molecule is C.C.CC(C)CC(C)CC(C)C. The second-order valence-corrected chi connectivity index (χ2v) is 4.36. The maximum atomic E-state index is 2.36. The quantitative estimate of drug-likeness (QED) is 0.563. The molecule has 0 aromatic carbocycles. The van der Waals surface area contributed by atoms with Crippen molar-refractivity contribution in [3.05, 3.63) is 0 Å². The highest BCUT2D eigenvalue weighted by atomic mass is 14.1. The Morgan fingerprint density at radius 3 is 1.08 bits per heavy atom. The van der Waals surface area contributed by atoms with Crippen molar-refractivity contribution in [2.45, 2.75) is 62.3 Å². The second-order valence-electron chi connectivity index (χ2n) is 4.36. The van der Waals surface area contributed by atoms with E-state index in [1.54, 1.807) is 0 Å². The fraction of sp³-hybridized carbons (Fsp3) is 1.00. The number of rotatable bonds is 4. The highest BCUT2D eigenvalue weighted by Crippen LogP contribution is 2.18. The van der Waals surface area contributed by atoms with Crippen LogP contribution in [-0.4, -0.2) is 0 Å². The first kappa shape index (κ1) is 17.9. The van der Waals surface area contributed by atoms with Gasteiger partial charge in [0.2, 0.25) is 0 Å². The van der Waals surface area contributed by atoms with E-state index >= 15 is 0 Å². The molecule has 0 atom stereocenters. The predicted octanol–water partition coefficient (Wildman–Crippen LogP) is 4.99. The minimum absolute atomic E-state index is 0. The Bertz CT molecular complexity index is 62.1. The minimum Gasteiger partial charge on any atom is -0.0776 e. The minimum atomic E-state index is 0. The molecule has 0 nitrogen and oxygen atoms in total. The van der Waals surface area contributed by atoms with Crippen LogP contribution in [0.2, 0.25) is 0 Å². The van der Waals surface area contributed by atoms with E-state index in [9.17, 15) is 0 Å². The van der Waals surface area contributed by atoms with Gasteiger partial charge >= 0.3 is 0 Å². The number of hydrogen-bond acceptors (Lipinski definition) is 0. The van der Waals surface area contributed by atoms with Gasteiger partial charge in [0, 0.05) is 0 Å². The predicted molar refractivity (Wildman–Crippen MR) is 61.5 cm³/mol. The summed E-state index contributed by atoms with van der Waals surface area (Å²) in [4.78, 5) is 0. The maximum absolute atomic E-state index is 2.36. The van der Waals surface area contributed by atoms with Gasteiger partial charge in [-0.2, -0.15) is 0 Å². The van der Waals surface area contributed by atoms with Gasteiger partial charge in [0.25, 0.3) is 0 Å². The van der Waals surface area contributed by atoms with E-state index in [1.807, 2.05) is 0 Å². The molecule has 0 aromatic heterocycles. The third kappa shape index (κ3) is 12.7. The summed E-state index contributed by atoms with van der Waals surface area (Å²) in [6.45, 7) is 11.6. The van der Waals surface area contributed by atoms with Crippen molar-refractivity contribution in [1.29, 1.82) is 0 Å². The summed E-state index contributed by atoms with van der Waals surface area (Å²) >= 11 is 0. The third-order valence-electron chi connectivity index (χ3n) is 1.75. The topological polar surface area (TPSA) is 0 Å². The Labute approximate surface area is 80.8 Å². The van der Waals surface area contributed by atoms with Crippen molar-refractivity contribution in [3.63, 3.8) is 0 Å². The molecule has 0 aromatic rings. The highest BCUT2D eigenvalue weighted by molar-refractivity contribution is 4.57. The largest absolute Gasteiger partial charge is 0.0776 e. The lowest BCUT2D eigenvalue weighted by Crippen LogP contribution is -2.03. The van der Waals surface area contributed by atoms with E-state index in [1.165, 1.54) is 12.8 Å². The van der Waals surface area contributed by atoms with E-state index in [2.05, 4.69) is 34.6 Å². The molecule has 0 aliphatic heterocycles. The fourth-order valence-corrected chi connectivity index (χ4v) is 1.71. The van der Waals surface area contributed by atoms with Gasteiger partial charge in [-0.3, -0.25) is 0 Å². The summed E-state index contributed by atoms with van der Waals surface area (Å²) in [5, 5.41) is 0. The Morgan fingerprint density at radius 1 is 0.667 bits per heavy atom. The zero-order valence-corrected chi connectivity index (χ0v) is 8.15. The summed E-state index contributed by atoms with van der Waals surface area (Å²) in [6.07, 6.45) is 2.77. The van der Waals surface area contributed by atoms with Crippen LogP contribution < -0.4 is 0 Å². The van der Waals surface area contributed by atoms with Gasteiger partial charge < -0.3 is 0 Å². The fourth-order valence-electron chi connectivity index (χ4n) is 1.71. The van der Waals surface area contributed by atoms with Crippen molar-refractivity contribution in [2.75, 3.05) is 0 Å². The maximum Gasteiger partial charge on any atom is -0.0438 e. The summed E-state index contributed by atoms with van der Waals surface area (Å²) in [6, 6.07) is 0. The van der Waals surface area contributed by atoms with E-state index in [4.69, 9.17) is 0 Å². The van der Waals surface area contributed by atoms with Crippen LogP contribution in [0.25, 0.3) is 0 Å². The summed E-state index contributed by atoms with van der Waals surface area (Å²) in [5.41, 5.74) is 0. The highest BCUT2D eigenvalue weighted by Gasteiger charge is 2.06. The summed E-state index contributed by atoms with van der Waals surface area (Å²) < 4.78 is 0. The standard InChI is InChI=1S/C10H22.2CH4/c1-8(2)6-10(5)7-9(3)4;;/h8-10H,6-7H2,1-5H3;2*1H4. The normalized spacial score (nSPS) is 10.0. The molecule has 0 amide bonds. The zero-order chi connectivity index (χ0) is 8.15. The molecule has 0 fully saturated rings. The van der Waals surface area contributed by atoms with Crippen LogP contribution >= 0.6 is 0 Å². The van der Waals surface area contributed by atoms with Gasteiger partial charge in [0.15, 0.2) is 0 Å². The molecule has 0 saturated carbocycles. The molecule has 0 heteroatoms. The molecule has 0 saturated heterocycles. The average Bonchev–Trinajstić information content (AvgIpc) is 1.58. The molecule has 0 spiro atoms. The van der Waals surface area contributed by atoms with Gasteiger partial charge in [0.05, 0.1) is 0 Å². The summed E-state index contributed by atoms with van der Waals surface area (Å²) in [7, 11) is 0. The molecule has 0 rings (SSSR count). The zero-order valence-electron chi connectivity index (χ0n) is 8.15. The van der Waals surface area contributed by atoms with E-state index < -0.39 is 0 Å². The monoisotopic (exact) mass is 174 g/mol. The molecular weight excluding hydrogens is 144 g/mol. The average molecular weight is 174 g/mol. The van der Waals surface area contributed by atoms with Crippen molar-refractivity contribution >= 4 is 0 Å². The molecule has 0 unspecified atom stereocenters. The second kappa shape index (κ2) is 9.09. The lowest BCUT2D eigenvalue weighted by molar-refractivity contribution is 0.368. The first-order chi connectivity index (χ1) is 4.52. The van der Waals surface area contributed by atoms with Gasteiger partial charge in [-0.15, -0.1) is 0 Å². The molecular formula is C12H30. The van der Waals surface area contributed by atoms with Gasteiger partial charge in [-0.05, 0) is 30.6 Å². The van der Waals surface area contributed by atoms with Gasteiger partial charge in [0.1, 0.15) is 0 Å². The van der Waals surface area contributed by atoms with Gasteiger partial charge in [-0.1, -0.05) is 49.5 Å². The van der Waals surface area contributed by atoms with Crippen molar-refractivity contribution < 1.29 is 0 Å². The van der Waals surface area contributed by atoms with Crippen LogP contribution in [0.1, 0.15) is 62.3 Å². The molecule has 78 valence electrons. The molecule has 0 aliphatic carbocycles. The molecule has 0 heterocycles. The van der Waals surface area contributed by atoms with Crippen LogP contribution in [0.15, 0.2) is 0 Å². The van der Waals surface area contributed by atoms with Crippen LogP contribution in [0.3, 0.4) is 0 Å². The third-order valence-corrected chi connectivity index (χ3v) is 1.75. The van der Waals surface area contributed by atoms with E-state index in [-0.39, 0.29) is 14.9 Å². The van der Waals surface area contributed by atoms with E-state index in [0.29, 0.717) is 0 Å². The Balaban J connectivity index is -0.000000405. The van der Waals surface area contributed by atoms with Crippen LogP contribution in [0.4, 0.5) is 0 Å². The van der Waals surface area contributed by atoms with Gasteiger partial charge in [-0.25, -0.2) is 0 Å². The van der Waals surface area contributed by atoms with Crippen molar-refractivity contribution in [2.24, 2.45) is 17.8 Å². The Morgan fingerprint density at radius 2 is 0.917 bits per heavy atom. The molecule has 12 heavy (non-hydrogen) atoms. The first-order valence-corrected chi connectivity index (χ1v) is 4.52. The number of hydrogen-bond donors (Lipinski definition) is 0. The lowest BCUT2D eigenvalue weighted by Gasteiger charge is -2.15. The van der Waals surface area contributed by atoms with Crippen LogP contribution in [0, 0.1) is 17.8 Å². The van der Waals surface area contributed by atoms with Crippen molar-refractivity contribution in [1.82, 2.24) is 0 Å². The lowest BCUT2D eigenvalue weighted by atomic mass is 9.91. The van der Waals surface area contributed by atoms with Crippen molar-refractivity contribution in [3.8, 4) is 0 Å². The van der Waals surface area contributed by atoms with Crippen LogP contribution in [-0.2, 0) is 0 Å². The first-order valence-electron chi connectivity index (χ1n) is 4.52. The van der Waals surface area contributed by atoms with Crippen LogP contribution in [0.5, 0.6) is 0 Å². The molecule has 0 bridgehead atoms. The molecule has 0 aliphatic rings.